The third-order valence-electron chi connectivity index (χ3n) is 2.63. The zero-order valence-electron chi connectivity index (χ0n) is 11.8. The molecule has 0 atom stereocenters. The lowest BCUT2D eigenvalue weighted by Crippen LogP contribution is -2.28. The molecule has 1 rings (SSSR count). The average molecular weight is 281 g/mol. The fourth-order valence-electron chi connectivity index (χ4n) is 1.62. The molecule has 1 aromatic rings. The molecule has 20 heavy (non-hydrogen) atoms. The number of pyridine rings is 1. The standard InChI is InChI=1S/C12H19N5O3/c1-13-11-10(7-9(8-15-11)17(19)20)12(18)14-5-4-6-16(2)3/h7-8H,4-6H2,1-3H3,(H,13,15)(H,14,18). The summed E-state index contributed by atoms with van der Waals surface area (Å²) >= 11 is 0. The SMILES string of the molecule is CNc1ncc([N+](=O)[O-])cc1C(=O)NCCCN(C)C. The molecule has 1 amide bonds. The van der Waals surface area contributed by atoms with E-state index in [1.807, 2.05) is 19.0 Å². The van der Waals surface area contributed by atoms with E-state index in [0.717, 1.165) is 19.2 Å². The predicted octanol–water partition coefficient (Wildman–Crippen LogP) is 0.713. The van der Waals surface area contributed by atoms with E-state index in [9.17, 15) is 14.9 Å². The molecule has 8 heteroatoms. The van der Waals surface area contributed by atoms with Crippen molar-refractivity contribution in [3.05, 3.63) is 27.9 Å². The van der Waals surface area contributed by atoms with E-state index < -0.39 is 4.92 Å². The largest absolute Gasteiger partial charge is 0.372 e. The van der Waals surface area contributed by atoms with Gasteiger partial charge in [-0.25, -0.2) is 4.98 Å². The van der Waals surface area contributed by atoms with Gasteiger partial charge >= 0.3 is 0 Å². The van der Waals surface area contributed by atoms with Crippen molar-refractivity contribution in [3.8, 4) is 0 Å². The number of nitrogens with zero attached hydrogens (tertiary/aromatic N) is 3. The third-order valence-corrected chi connectivity index (χ3v) is 2.63. The number of carbonyl (C=O) groups excluding carboxylic acids is 1. The molecule has 0 spiro atoms. The normalized spacial score (nSPS) is 10.4. The highest BCUT2D eigenvalue weighted by Gasteiger charge is 2.17. The first-order valence-electron chi connectivity index (χ1n) is 6.20. The van der Waals surface area contributed by atoms with Crippen molar-refractivity contribution in [3.63, 3.8) is 0 Å². The number of amides is 1. The molecule has 0 aliphatic carbocycles. The molecule has 8 nitrogen and oxygen atoms in total. The van der Waals surface area contributed by atoms with Crippen LogP contribution in [0.25, 0.3) is 0 Å². The number of hydrogen-bond donors (Lipinski definition) is 2. The molecular formula is C12H19N5O3. The van der Waals surface area contributed by atoms with E-state index >= 15 is 0 Å². The highest BCUT2D eigenvalue weighted by Crippen LogP contribution is 2.18. The Morgan fingerprint density at radius 3 is 2.75 bits per heavy atom. The van der Waals surface area contributed by atoms with Gasteiger partial charge in [0.05, 0.1) is 10.5 Å². The topological polar surface area (TPSA) is 100 Å². The van der Waals surface area contributed by atoms with E-state index in [2.05, 4.69) is 15.6 Å². The minimum atomic E-state index is -0.574. The van der Waals surface area contributed by atoms with Crippen LogP contribution in [-0.2, 0) is 0 Å². The molecule has 0 aliphatic rings. The molecule has 1 aromatic heterocycles. The summed E-state index contributed by atoms with van der Waals surface area (Å²) in [5.74, 6) is -0.0509. The van der Waals surface area contributed by atoms with Crippen LogP contribution in [0.5, 0.6) is 0 Å². The van der Waals surface area contributed by atoms with Crippen LogP contribution < -0.4 is 10.6 Å². The summed E-state index contributed by atoms with van der Waals surface area (Å²) in [7, 11) is 5.51. The summed E-state index contributed by atoms with van der Waals surface area (Å²) in [4.78, 5) is 28.0. The van der Waals surface area contributed by atoms with Gasteiger partial charge in [-0.3, -0.25) is 14.9 Å². The van der Waals surface area contributed by atoms with Gasteiger partial charge in [0, 0.05) is 19.7 Å². The minimum Gasteiger partial charge on any atom is -0.372 e. The molecule has 0 bridgehead atoms. The maximum absolute atomic E-state index is 12.0. The van der Waals surface area contributed by atoms with Crippen LogP contribution in [0.15, 0.2) is 12.3 Å². The second-order valence-electron chi connectivity index (χ2n) is 4.51. The van der Waals surface area contributed by atoms with Gasteiger partial charge in [0.25, 0.3) is 11.6 Å². The summed E-state index contributed by atoms with van der Waals surface area (Å²) in [6, 6.07) is 1.22. The van der Waals surface area contributed by atoms with Crippen molar-refractivity contribution in [1.29, 1.82) is 0 Å². The van der Waals surface area contributed by atoms with Crippen LogP contribution in [0.4, 0.5) is 11.5 Å². The lowest BCUT2D eigenvalue weighted by Gasteiger charge is -2.11. The van der Waals surface area contributed by atoms with Crippen LogP contribution in [0.3, 0.4) is 0 Å². The van der Waals surface area contributed by atoms with Gasteiger partial charge in [-0.15, -0.1) is 0 Å². The smallest absolute Gasteiger partial charge is 0.288 e. The van der Waals surface area contributed by atoms with Crippen molar-refractivity contribution < 1.29 is 9.72 Å². The fraction of sp³-hybridized carbons (Fsp3) is 0.500. The van der Waals surface area contributed by atoms with Crippen molar-refractivity contribution >= 4 is 17.4 Å². The van der Waals surface area contributed by atoms with E-state index in [0.29, 0.717) is 12.4 Å². The summed E-state index contributed by atoms with van der Waals surface area (Å²) < 4.78 is 0. The number of anilines is 1. The number of nitro groups is 1. The second-order valence-corrected chi connectivity index (χ2v) is 4.51. The quantitative estimate of drug-likeness (QED) is 0.434. The maximum atomic E-state index is 12.0. The van der Waals surface area contributed by atoms with Gasteiger partial charge in [-0.05, 0) is 27.1 Å². The molecule has 0 radical (unpaired) electrons. The minimum absolute atomic E-state index is 0.173. The number of carbonyl (C=O) groups is 1. The van der Waals surface area contributed by atoms with Crippen LogP contribution in [0.2, 0.25) is 0 Å². The molecule has 0 unspecified atom stereocenters. The van der Waals surface area contributed by atoms with E-state index in [1.54, 1.807) is 7.05 Å². The van der Waals surface area contributed by atoms with Crippen molar-refractivity contribution in [1.82, 2.24) is 15.2 Å². The molecule has 2 N–H and O–H groups in total. The van der Waals surface area contributed by atoms with Crippen molar-refractivity contribution in [2.24, 2.45) is 0 Å². The monoisotopic (exact) mass is 281 g/mol. The highest BCUT2D eigenvalue weighted by atomic mass is 16.6. The van der Waals surface area contributed by atoms with Gasteiger partial charge < -0.3 is 15.5 Å². The summed E-state index contributed by atoms with van der Waals surface area (Å²) in [5, 5.41) is 16.2. The Labute approximate surface area is 117 Å². The summed E-state index contributed by atoms with van der Waals surface area (Å²) in [6.07, 6.45) is 1.92. The molecule has 0 saturated carbocycles. The highest BCUT2D eigenvalue weighted by molar-refractivity contribution is 5.99. The molecule has 0 aliphatic heterocycles. The van der Waals surface area contributed by atoms with Gasteiger partial charge in [0.1, 0.15) is 12.0 Å². The Morgan fingerprint density at radius 2 is 2.20 bits per heavy atom. The Kier molecular flexibility index (Phi) is 5.85. The summed E-state index contributed by atoms with van der Waals surface area (Å²) in [6.45, 7) is 1.36. The first-order chi connectivity index (χ1) is 9.45. The van der Waals surface area contributed by atoms with E-state index in [4.69, 9.17) is 0 Å². The van der Waals surface area contributed by atoms with Gasteiger partial charge in [-0.2, -0.15) is 0 Å². The molecule has 110 valence electrons. The Morgan fingerprint density at radius 1 is 1.50 bits per heavy atom. The molecule has 1 heterocycles. The Hall–Kier alpha value is -2.22. The van der Waals surface area contributed by atoms with Crippen LogP contribution in [0.1, 0.15) is 16.8 Å². The van der Waals surface area contributed by atoms with Gasteiger partial charge in [0.2, 0.25) is 0 Å². The first kappa shape index (κ1) is 15.8. The number of aromatic nitrogens is 1. The predicted molar refractivity (Wildman–Crippen MR) is 75.9 cm³/mol. The maximum Gasteiger partial charge on any atom is 0.288 e. The van der Waals surface area contributed by atoms with E-state index in [-0.39, 0.29) is 17.2 Å². The number of nitrogens with one attached hydrogen (secondary N) is 2. The van der Waals surface area contributed by atoms with Crippen LogP contribution >= 0.6 is 0 Å². The van der Waals surface area contributed by atoms with Crippen molar-refractivity contribution in [2.75, 3.05) is 39.5 Å². The summed E-state index contributed by atoms with van der Waals surface area (Å²) in [5.41, 5.74) is -0.0333. The lowest BCUT2D eigenvalue weighted by atomic mass is 10.2. The molecule has 0 aromatic carbocycles. The third kappa shape index (κ3) is 4.47. The van der Waals surface area contributed by atoms with Gasteiger partial charge in [0.15, 0.2) is 0 Å². The molecule has 0 saturated heterocycles. The lowest BCUT2D eigenvalue weighted by molar-refractivity contribution is -0.385. The second kappa shape index (κ2) is 7.39. The zero-order valence-corrected chi connectivity index (χ0v) is 11.8. The average Bonchev–Trinajstić information content (AvgIpc) is 2.42. The molecule has 0 fully saturated rings. The van der Waals surface area contributed by atoms with Crippen molar-refractivity contribution in [2.45, 2.75) is 6.42 Å². The molecular weight excluding hydrogens is 262 g/mol. The first-order valence-corrected chi connectivity index (χ1v) is 6.20. The van der Waals surface area contributed by atoms with Crippen LogP contribution in [-0.4, -0.2) is 54.9 Å². The van der Waals surface area contributed by atoms with Crippen LogP contribution in [0, 0.1) is 10.1 Å². The number of hydrogen-bond acceptors (Lipinski definition) is 6. The fourth-order valence-corrected chi connectivity index (χ4v) is 1.62. The van der Waals surface area contributed by atoms with E-state index in [1.165, 1.54) is 6.07 Å². The Bertz CT molecular complexity index is 490. The zero-order chi connectivity index (χ0) is 15.1. The Balaban J connectivity index is 2.74. The number of rotatable bonds is 7. The van der Waals surface area contributed by atoms with Gasteiger partial charge in [-0.1, -0.05) is 0 Å².